The number of hydrogen-bond acceptors (Lipinski definition) is 6. The van der Waals surface area contributed by atoms with Gasteiger partial charge >= 0.3 is 0 Å². The molecule has 0 N–H and O–H groups in total. The highest BCUT2D eigenvalue weighted by Crippen LogP contribution is 2.38. The Morgan fingerprint density at radius 1 is 1.21 bits per heavy atom. The zero-order valence-corrected chi connectivity index (χ0v) is 14.1. The summed E-state index contributed by atoms with van der Waals surface area (Å²) in [6.07, 6.45) is 4.19. The van der Waals surface area contributed by atoms with Gasteiger partial charge in [-0.05, 0) is 25.0 Å². The van der Waals surface area contributed by atoms with E-state index in [0.717, 1.165) is 24.6 Å². The predicted molar refractivity (Wildman–Crippen MR) is 92.5 cm³/mol. The van der Waals surface area contributed by atoms with E-state index in [1.54, 1.807) is 16.9 Å². The number of nitrogens with zero attached hydrogens (tertiary/aromatic N) is 6. The van der Waals surface area contributed by atoms with Crippen molar-refractivity contribution in [1.82, 2.24) is 19.7 Å². The van der Waals surface area contributed by atoms with Gasteiger partial charge in [-0.2, -0.15) is 10.1 Å². The Hall–Kier alpha value is -2.44. The van der Waals surface area contributed by atoms with Gasteiger partial charge in [0.1, 0.15) is 5.82 Å². The van der Waals surface area contributed by atoms with Crippen LogP contribution in [-0.4, -0.2) is 46.9 Å². The van der Waals surface area contributed by atoms with Crippen molar-refractivity contribution in [1.29, 1.82) is 0 Å². The Bertz CT molecular complexity index is 792. The molecule has 0 aromatic carbocycles. The first-order valence-corrected chi connectivity index (χ1v) is 8.43. The van der Waals surface area contributed by atoms with E-state index in [9.17, 15) is 4.79 Å². The first kappa shape index (κ1) is 15.1. The molecule has 24 heavy (non-hydrogen) atoms. The van der Waals surface area contributed by atoms with Crippen molar-refractivity contribution in [3.8, 4) is 0 Å². The molecule has 2 fully saturated rings. The van der Waals surface area contributed by atoms with Gasteiger partial charge in [0.15, 0.2) is 0 Å². The van der Waals surface area contributed by atoms with Crippen LogP contribution in [0.4, 0.5) is 11.8 Å². The predicted octanol–water partition coefficient (Wildman–Crippen LogP) is 1.11. The molecule has 126 valence electrons. The molecule has 1 saturated heterocycles. The van der Waals surface area contributed by atoms with Gasteiger partial charge in [-0.3, -0.25) is 4.79 Å². The fourth-order valence-corrected chi connectivity index (χ4v) is 3.04. The van der Waals surface area contributed by atoms with Crippen LogP contribution in [0.5, 0.6) is 0 Å². The van der Waals surface area contributed by atoms with Gasteiger partial charge in [0.05, 0.1) is 12.2 Å². The highest BCUT2D eigenvalue weighted by Gasteiger charge is 2.30. The van der Waals surface area contributed by atoms with Crippen LogP contribution in [0.15, 0.2) is 29.2 Å². The Kier molecular flexibility index (Phi) is 3.70. The molecule has 2 aromatic heterocycles. The van der Waals surface area contributed by atoms with Gasteiger partial charge in [0.25, 0.3) is 5.56 Å². The van der Waals surface area contributed by atoms with Crippen molar-refractivity contribution < 1.29 is 0 Å². The van der Waals surface area contributed by atoms with Gasteiger partial charge in [-0.25, -0.2) is 9.67 Å². The van der Waals surface area contributed by atoms with Crippen LogP contribution in [0.2, 0.25) is 0 Å². The minimum atomic E-state index is -0.00483. The fraction of sp³-hybridized carbons (Fsp3) is 0.529. The van der Waals surface area contributed by atoms with Crippen LogP contribution < -0.4 is 15.4 Å². The quantitative estimate of drug-likeness (QED) is 0.820. The Morgan fingerprint density at radius 3 is 2.71 bits per heavy atom. The molecule has 1 aliphatic carbocycles. The van der Waals surface area contributed by atoms with E-state index in [0.29, 0.717) is 24.3 Å². The SMILES string of the molecule is CN(C)c1nccc(N2CC(Cn3nc(C4CC4)ccc3=O)C2)n1. The molecule has 0 spiro atoms. The highest BCUT2D eigenvalue weighted by molar-refractivity contribution is 5.45. The summed E-state index contributed by atoms with van der Waals surface area (Å²) < 4.78 is 1.64. The molecule has 7 nitrogen and oxygen atoms in total. The van der Waals surface area contributed by atoms with Crippen LogP contribution in [0.3, 0.4) is 0 Å². The lowest BCUT2D eigenvalue weighted by Gasteiger charge is -2.40. The maximum Gasteiger partial charge on any atom is 0.266 e. The zero-order chi connectivity index (χ0) is 16.7. The second-order valence-electron chi connectivity index (χ2n) is 6.93. The Labute approximate surface area is 140 Å². The third kappa shape index (κ3) is 2.98. The van der Waals surface area contributed by atoms with Crippen LogP contribution in [0.25, 0.3) is 0 Å². The summed E-state index contributed by atoms with van der Waals surface area (Å²) in [4.78, 5) is 24.9. The summed E-state index contributed by atoms with van der Waals surface area (Å²) in [5.74, 6) is 2.66. The summed E-state index contributed by atoms with van der Waals surface area (Å²) >= 11 is 0. The lowest BCUT2D eigenvalue weighted by Crippen LogP contribution is -2.50. The number of rotatable bonds is 5. The number of anilines is 2. The first-order chi connectivity index (χ1) is 11.6. The lowest BCUT2D eigenvalue weighted by atomic mass is 10.0. The van der Waals surface area contributed by atoms with E-state index >= 15 is 0 Å². The lowest BCUT2D eigenvalue weighted by molar-refractivity contribution is 0.331. The number of hydrogen-bond donors (Lipinski definition) is 0. The summed E-state index contributed by atoms with van der Waals surface area (Å²) in [5, 5.41) is 4.54. The van der Waals surface area contributed by atoms with E-state index in [-0.39, 0.29) is 5.56 Å². The minimum Gasteiger partial charge on any atom is -0.356 e. The third-order valence-corrected chi connectivity index (χ3v) is 4.62. The summed E-state index contributed by atoms with van der Waals surface area (Å²) in [5.41, 5.74) is 1.06. The van der Waals surface area contributed by atoms with Crippen LogP contribution >= 0.6 is 0 Å². The van der Waals surface area contributed by atoms with Crippen LogP contribution in [0.1, 0.15) is 24.5 Å². The van der Waals surface area contributed by atoms with Crippen molar-refractivity contribution >= 4 is 11.8 Å². The molecular weight excluding hydrogens is 304 g/mol. The first-order valence-electron chi connectivity index (χ1n) is 8.43. The van der Waals surface area contributed by atoms with E-state index in [2.05, 4.69) is 20.0 Å². The maximum atomic E-state index is 12.0. The molecule has 0 unspecified atom stereocenters. The molecule has 7 heteroatoms. The van der Waals surface area contributed by atoms with Gasteiger partial charge in [0.2, 0.25) is 5.95 Å². The van der Waals surface area contributed by atoms with Gasteiger partial charge in [-0.1, -0.05) is 0 Å². The molecule has 2 aliphatic rings. The second-order valence-corrected chi connectivity index (χ2v) is 6.93. The van der Waals surface area contributed by atoms with Crippen molar-refractivity contribution in [2.24, 2.45) is 5.92 Å². The monoisotopic (exact) mass is 326 g/mol. The maximum absolute atomic E-state index is 12.0. The molecule has 1 aliphatic heterocycles. The summed E-state index contributed by atoms with van der Waals surface area (Å²) in [6, 6.07) is 5.47. The number of aromatic nitrogens is 4. The van der Waals surface area contributed by atoms with E-state index in [1.165, 1.54) is 12.8 Å². The topological polar surface area (TPSA) is 67.2 Å². The zero-order valence-electron chi connectivity index (χ0n) is 14.1. The van der Waals surface area contributed by atoms with Crippen molar-refractivity contribution in [2.75, 3.05) is 37.0 Å². The van der Waals surface area contributed by atoms with E-state index < -0.39 is 0 Å². The minimum absolute atomic E-state index is 0.00483. The van der Waals surface area contributed by atoms with Crippen molar-refractivity contribution in [3.63, 3.8) is 0 Å². The molecule has 0 atom stereocenters. The third-order valence-electron chi connectivity index (χ3n) is 4.62. The highest BCUT2D eigenvalue weighted by atomic mass is 16.1. The summed E-state index contributed by atoms with van der Waals surface area (Å²) in [7, 11) is 3.87. The standard InChI is InChI=1S/C17H22N6O/c1-21(2)17-18-8-7-15(19-17)22-9-12(10-22)11-23-16(24)6-5-14(20-23)13-3-4-13/h5-8,12-13H,3-4,9-11H2,1-2H3. The van der Waals surface area contributed by atoms with Gasteiger partial charge in [0, 0.05) is 51.3 Å². The molecule has 3 heterocycles. The van der Waals surface area contributed by atoms with Crippen LogP contribution in [-0.2, 0) is 6.54 Å². The average Bonchev–Trinajstić information content (AvgIpc) is 3.37. The Morgan fingerprint density at radius 2 is 2.00 bits per heavy atom. The van der Waals surface area contributed by atoms with Crippen LogP contribution in [0, 0.1) is 5.92 Å². The largest absolute Gasteiger partial charge is 0.356 e. The molecule has 1 saturated carbocycles. The van der Waals surface area contributed by atoms with Crippen molar-refractivity contribution in [2.45, 2.75) is 25.3 Å². The molecule has 2 aromatic rings. The van der Waals surface area contributed by atoms with Gasteiger partial charge < -0.3 is 9.80 Å². The van der Waals surface area contributed by atoms with E-state index in [1.807, 2.05) is 31.1 Å². The average molecular weight is 326 g/mol. The molecule has 0 amide bonds. The molecule has 0 radical (unpaired) electrons. The Balaban J connectivity index is 1.40. The normalized spacial score (nSPS) is 17.7. The van der Waals surface area contributed by atoms with Gasteiger partial charge in [-0.15, -0.1) is 0 Å². The molecular formula is C17H22N6O. The second kappa shape index (κ2) is 5.89. The molecule has 4 rings (SSSR count). The van der Waals surface area contributed by atoms with E-state index in [4.69, 9.17) is 0 Å². The van der Waals surface area contributed by atoms with Crippen molar-refractivity contribution in [3.05, 3.63) is 40.4 Å². The smallest absolute Gasteiger partial charge is 0.266 e. The fourth-order valence-electron chi connectivity index (χ4n) is 3.04. The molecule has 0 bridgehead atoms. The summed E-state index contributed by atoms with van der Waals surface area (Å²) in [6.45, 7) is 2.47.